The minimum absolute atomic E-state index is 0.00668. The number of benzene rings is 3. The minimum atomic E-state index is -4.01. The SMILES string of the molecule is Cc1cccc(NS(=O)(=O)c2cc(C(=O)Nc3nnc(SCc4ccccc4)s3)ccc2Cl)c1. The highest BCUT2D eigenvalue weighted by Gasteiger charge is 2.21. The first-order valence-electron chi connectivity index (χ1n) is 10.0. The molecule has 3 aromatic carbocycles. The van der Waals surface area contributed by atoms with Crippen molar-refractivity contribution in [2.45, 2.75) is 21.9 Å². The molecule has 0 saturated carbocycles. The molecular formula is C23H19ClN4O3S3. The van der Waals surface area contributed by atoms with Gasteiger partial charge in [0.15, 0.2) is 4.34 Å². The normalized spacial score (nSPS) is 11.2. The quantitative estimate of drug-likeness (QED) is 0.219. The molecule has 0 aliphatic rings. The Morgan fingerprint density at radius 1 is 1.03 bits per heavy atom. The fourth-order valence-corrected chi connectivity index (χ4v) is 6.26. The van der Waals surface area contributed by atoms with Crippen molar-refractivity contribution in [3.63, 3.8) is 0 Å². The number of halogens is 1. The Morgan fingerprint density at radius 2 is 1.82 bits per heavy atom. The van der Waals surface area contributed by atoms with Gasteiger partial charge >= 0.3 is 0 Å². The summed E-state index contributed by atoms with van der Waals surface area (Å²) >= 11 is 8.92. The number of nitrogens with zero attached hydrogens (tertiary/aromatic N) is 2. The molecule has 2 N–H and O–H groups in total. The number of nitrogens with one attached hydrogen (secondary N) is 2. The number of carbonyl (C=O) groups is 1. The summed E-state index contributed by atoms with van der Waals surface area (Å²) in [7, 11) is -4.01. The van der Waals surface area contributed by atoms with Gasteiger partial charge < -0.3 is 0 Å². The molecule has 7 nitrogen and oxygen atoms in total. The Morgan fingerprint density at radius 3 is 2.59 bits per heavy atom. The average Bonchev–Trinajstić information content (AvgIpc) is 3.25. The van der Waals surface area contributed by atoms with E-state index in [4.69, 9.17) is 11.6 Å². The van der Waals surface area contributed by atoms with Crippen molar-refractivity contribution in [2.75, 3.05) is 10.0 Å². The van der Waals surface area contributed by atoms with E-state index in [0.29, 0.717) is 15.2 Å². The molecule has 1 aromatic heterocycles. The van der Waals surface area contributed by atoms with Crippen LogP contribution in [-0.4, -0.2) is 24.5 Å². The fraction of sp³-hybridized carbons (Fsp3) is 0.0870. The first-order valence-corrected chi connectivity index (χ1v) is 13.7. The standard InChI is InChI=1S/C23H19ClN4O3S3/c1-15-6-5-9-18(12-15)28-34(30,31)20-13-17(10-11-19(20)24)21(29)25-22-26-27-23(33-22)32-14-16-7-3-2-4-8-16/h2-13,28H,14H2,1H3,(H,25,26,29). The van der Waals surface area contributed by atoms with Crippen molar-refractivity contribution in [1.82, 2.24) is 10.2 Å². The molecule has 0 fully saturated rings. The summed E-state index contributed by atoms with van der Waals surface area (Å²) in [6.07, 6.45) is 0. The van der Waals surface area contributed by atoms with Crippen molar-refractivity contribution in [3.8, 4) is 0 Å². The summed E-state index contributed by atoms with van der Waals surface area (Å²) in [4.78, 5) is 12.6. The summed E-state index contributed by atoms with van der Waals surface area (Å²) in [6, 6.07) is 21.0. The highest BCUT2D eigenvalue weighted by Crippen LogP contribution is 2.29. The van der Waals surface area contributed by atoms with Crippen molar-refractivity contribution in [3.05, 3.63) is 94.5 Å². The van der Waals surface area contributed by atoms with Crippen LogP contribution < -0.4 is 10.0 Å². The number of hydrogen-bond donors (Lipinski definition) is 2. The van der Waals surface area contributed by atoms with E-state index < -0.39 is 15.9 Å². The van der Waals surface area contributed by atoms with Gasteiger partial charge in [0.2, 0.25) is 5.13 Å². The highest BCUT2D eigenvalue weighted by atomic mass is 35.5. The van der Waals surface area contributed by atoms with Crippen molar-refractivity contribution in [1.29, 1.82) is 0 Å². The molecule has 0 bridgehead atoms. The lowest BCUT2D eigenvalue weighted by Gasteiger charge is -2.11. The summed E-state index contributed by atoms with van der Waals surface area (Å²) in [6.45, 7) is 1.86. The van der Waals surface area contributed by atoms with E-state index in [9.17, 15) is 13.2 Å². The van der Waals surface area contributed by atoms with Gasteiger partial charge in [0.1, 0.15) is 4.90 Å². The Kier molecular flexibility index (Phi) is 7.52. The predicted octanol–water partition coefficient (Wildman–Crippen LogP) is 5.85. The van der Waals surface area contributed by atoms with Crippen molar-refractivity contribution >= 4 is 61.4 Å². The van der Waals surface area contributed by atoms with Gasteiger partial charge in [-0.3, -0.25) is 14.8 Å². The molecule has 0 aliphatic heterocycles. The molecule has 0 radical (unpaired) electrons. The van der Waals surface area contributed by atoms with E-state index >= 15 is 0 Å². The molecule has 4 rings (SSSR count). The zero-order chi connectivity index (χ0) is 24.1. The molecule has 174 valence electrons. The van der Waals surface area contributed by atoms with Crippen LogP contribution in [0.1, 0.15) is 21.5 Å². The smallest absolute Gasteiger partial charge is 0.263 e. The Balaban J connectivity index is 1.46. The van der Waals surface area contributed by atoms with Crippen LogP contribution in [0.2, 0.25) is 5.02 Å². The van der Waals surface area contributed by atoms with Gasteiger partial charge in [-0.15, -0.1) is 10.2 Å². The zero-order valence-electron chi connectivity index (χ0n) is 17.9. The van der Waals surface area contributed by atoms with Gasteiger partial charge in [0.05, 0.1) is 5.02 Å². The fourth-order valence-electron chi connectivity index (χ4n) is 2.98. The van der Waals surface area contributed by atoms with Gasteiger partial charge in [0.25, 0.3) is 15.9 Å². The van der Waals surface area contributed by atoms with Crippen LogP contribution in [0.5, 0.6) is 0 Å². The molecule has 0 atom stereocenters. The molecular weight excluding hydrogens is 512 g/mol. The number of thioether (sulfide) groups is 1. The topological polar surface area (TPSA) is 101 Å². The van der Waals surface area contributed by atoms with Gasteiger partial charge in [-0.1, -0.05) is 77.2 Å². The summed E-state index contributed by atoms with van der Waals surface area (Å²) in [5.41, 5.74) is 2.59. The summed E-state index contributed by atoms with van der Waals surface area (Å²) in [5, 5.41) is 11.1. The van der Waals surface area contributed by atoms with Crippen LogP contribution in [0, 0.1) is 6.92 Å². The number of anilines is 2. The number of rotatable bonds is 8. The summed E-state index contributed by atoms with van der Waals surface area (Å²) < 4.78 is 29.0. The maximum atomic E-state index is 12.9. The second-order valence-electron chi connectivity index (χ2n) is 7.22. The maximum Gasteiger partial charge on any atom is 0.263 e. The third-order valence-electron chi connectivity index (χ3n) is 4.59. The zero-order valence-corrected chi connectivity index (χ0v) is 21.1. The van der Waals surface area contributed by atoms with Gasteiger partial charge in [-0.05, 0) is 48.4 Å². The van der Waals surface area contributed by atoms with E-state index in [1.165, 1.54) is 41.3 Å². The largest absolute Gasteiger partial charge is 0.296 e. The number of sulfonamides is 1. The Hall–Kier alpha value is -2.92. The molecule has 4 aromatic rings. The van der Waals surface area contributed by atoms with E-state index in [1.54, 1.807) is 18.2 Å². The second kappa shape index (κ2) is 10.6. The van der Waals surface area contributed by atoms with Crippen LogP contribution >= 0.6 is 34.7 Å². The van der Waals surface area contributed by atoms with Crippen molar-refractivity contribution < 1.29 is 13.2 Å². The third kappa shape index (κ3) is 6.15. The number of carbonyl (C=O) groups excluding carboxylic acids is 1. The molecule has 0 saturated heterocycles. The maximum absolute atomic E-state index is 12.9. The minimum Gasteiger partial charge on any atom is -0.296 e. The number of amides is 1. The molecule has 1 heterocycles. The summed E-state index contributed by atoms with van der Waals surface area (Å²) in [5.74, 6) is 0.217. The van der Waals surface area contributed by atoms with E-state index in [2.05, 4.69) is 20.2 Å². The second-order valence-corrected chi connectivity index (χ2v) is 11.5. The lowest BCUT2D eigenvalue weighted by Crippen LogP contribution is -2.16. The average molecular weight is 531 g/mol. The van der Waals surface area contributed by atoms with Gasteiger partial charge in [-0.25, -0.2) is 8.42 Å². The van der Waals surface area contributed by atoms with Gasteiger partial charge in [-0.2, -0.15) is 0 Å². The van der Waals surface area contributed by atoms with Crippen LogP contribution in [0.15, 0.2) is 82.0 Å². The van der Waals surface area contributed by atoms with E-state index in [0.717, 1.165) is 16.9 Å². The molecule has 0 aliphatic carbocycles. The van der Waals surface area contributed by atoms with E-state index in [1.807, 2.05) is 43.3 Å². The monoisotopic (exact) mass is 530 g/mol. The van der Waals surface area contributed by atoms with Crippen LogP contribution in [-0.2, 0) is 15.8 Å². The number of aryl methyl sites for hydroxylation is 1. The molecule has 34 heavy (non-hydrogen) atoms. The molecule has 11 heteroatoms. The van der Waals surface area contributed by atoms with Gasteiger partial charge in [0, 0.05) is 17.0 Å². The Bertz CT molecular complexity index is 1430. The van der Waals surface area contributed by atoms with Crippen LogP contribution in [0.4, 0.5) is 10.8 Å². The molecule has 0 spiro atoms. The first-order chi connectivity index (χ1) is 16.3. The lowest BCUT2D eigenvalue weighted by atomic mass is 10.2. The van der Waals surface area contributed by atoms with E-state index in [-0.39, 0.29) is 15.5 Å². The predicted molar refractivity (Wildman–Crippen MR) is 137 cm³/mol. The number of hydrogen-bond acceptors (Lipinski definition) is 7. The highest BCUT2D eigenvalue weighted by molar-refractivity contribution is 8.00. The van der Waals surface area contributed by atoms with Crippen molar-refractivity contribution in [2.24, 2.45) is 0 Å². The number of aromatic nitrogens is 2. The van der Waals surface area contributed by atoms with Crippen LogP contribution in [0.25, 0.3) is 0 Å². The molecule has 1 amide bonds. The van der Waals surface area contributed by atoms with Crippen LogP contribution in [0.3, 0.4) is 0 Å². The Labute approximate surface area is 210 Å². The third-order valence-corrected chi connectivity index (χ3v) is 8.49. The lowest BCUT2D eigenvalue weighted by molar-refractivity contribution is 0.102. The molecule has 0 unspecified atom stereocenters. The first kappa shape index (κ1) is 24.2.